The lowest BCUT2D eigenvalue weighted by Crippen LogP contribution is -2.09. The molecule has 0 atom stereocenters. The van der Waals surface area contributed by atoms with Crippen LogP contribution in [0.2, 0.25) is 5.02 Å². The smallest absolute Gasteiger partial charge is 0.128 e. The van der Waals surface area contributed by atoms with E-state index in [-0.39, 0.29) is 4.99 Å². The molecular weight excluding hydrogens is 294 g/mol. The summed E-state index contributed by atoms with van der Waals surface area (Å²) in [6.07, 6.45) is 0. The fourth-order valence-electron chi connectivity index (χ4n) is 1.67. The van der Waals surface area contributed by atoms with Crippen LogP contribution in [0.15, 0.2) is 42.5 Å². The molecule has 2 aromatic carbocycles. The van der Waals surface area contributed by atoms with Crippen LogP contribution in [0.4, 0.5) is 0 Å². The van der Waals surface area contributed by atoms with Gasteiger partial charge < -0.3 is 15.2 Å². The summed E-state index contributed by atoms with van der Waals surface area (Å²) in [5, 5.41) is 0.473. The number of ether oxygens (including phenoxy) is 2. The van der Waals surface area contributed by atoms with Gasteiger partial charge in [-0.2, -0.15) is 0 Å². The number of nitrogens with two attached hydrogens (primary N) is 1. The Hall–Kier alpha value is -1.78. The van der Waals surface area contributed by atoms with Crippen LogP contribution in [0, 0.1) is 0 Å². The van der Waals surface area contributed by atoms with Gasteiger partial charge in [0.2, 0.25) is 0 Å². The van der Waals surface area contributed by atoms with Crippen molar-refractivity contribution < 1.29 is 9.47 Å². The molecule has 0 heterocycles. The Labute approximate surface area is 128 Å². The van der Waals surface area contributed by atoms with Gasteiger partial charge in [0.1, 0.15) is 22.2 Å². The minimum atomic E-state index is 0.266. The van der Waals surface area contributed by atoms with Crippen molar-refractivity contribution in [2.24, 2.45) is 5.73 Å². The van der Waals surface area contributed by atoms with Crippen molar-refractivity contribution in [2.45, 2.75) is 6.92 Å². The quantitative estimate of drug-likeness (QED) is 0.842. The van der Waals surface area contributed by atoms with E-state index in [2.05, 4.69) is 0 Å². The number of rotatable bonds is 5. The van der Waals surface area contributed by atoms with E-state index in [0.29, 0.717) is 28.7 Å². The van der Waals surface area contributed by atoms with Gasteiger partial charge in [0.05, 0.1) is 11.6 Å². The van der Waals surface area contributed by atoms with E-state index in [1.807, 2.05) is 31.2 Å². The molecule has 0 saturated heterocycles. The van der Waals surface area contributed by atoms with Crippen LogP contribution in [0.3, 0.4) is 0 Å². The van der Waals surface area contributed by atoms with Gasteiger partial charge in [-0.1, -0.05) is 23.8 Å². The molecule has 0 bridgehead atoms. The maximum atomic E-state index is 6.09. The molecule has 0 aliphatic carbocycles. The fourth-order valence-corrected chi connectivity index (χ4v) is 2.17. The van der Waals surface area contributed by atoms with Crippen molar-refractivity contribution in [3.8, 4) is 17.2 Å². The summed E-state index contributed by atoms with van der Waals surface area (Å²) in [6, 6.07) is 12.6. The average molecular weight is 308 g/mol. The highest BCUT2D eigenvalue weighted by molar-refractivity contribution is 7.80. The van der Waals surface area contributed by atoms with Crippen LogP contribution in [-0.4, -0.2) is 11.6 Å². The topological polar surface area (TPSA) is 44.5 Å². The van der Waals surface area contributed by atoms with Gasteiger partial charge in [-0.3, -0.25) is 0 Å². The zero-order valence-corrected chi connectivity index (χ0v) is 12.5. The maximum Gasteiger partial charge on any atom is 0.128 e. The molecule has 2 N–H and O–H groups in total. The van der Waals surface area contributed by atoms with Crippen molar-refractivity contribution in [1.29, 1.82) is 0 Å². The Morgan fingerprint density at radius 3 is 2.25 bits per heavy atom. The predicted octanol–water partition coefficient (Wildman–Crippen LogP) is 4.17. The van der Waals surface area contributed by atoms with Gasteiger partial charge in [0, 0.05) is 11.6 Å². The predicted molar refractivity (Wildman–Crippen MR) is 85.0 cm³/mol. The number of thiocarbonyl (C=S) groups is 1. The zero-order valence-electron chi connectivity index (χ0n) is 10.9. The van der Waals surface area contributed by atoms with E-state index in [0.717, 1.165) is 5.75 Å². The molecule has 0 radical (unpaired) electrons. The van der Waals surface area contributed by atoms with E-state index in [1.165, 1.54) is 0 Å². The summed E-state index contributed by atoms with van der Waals surface area (Å²) in [5.74, 6) is 2.13. The van der Waals surface area contributed by atoms with E-state index < -0.39 is 0 Å². The summed E-state index contributed by atoms with van der Waals surface area (Å²) in [7, 11) is 0. The second kappa shape index (κ2) is 6.59. The Morgan fingerprint density at radius 2 is 1.70 bits per heavy atom. The van der Waals surface area contributed by atoms with Crippen LogP contribution in [0.25, 0.3) is 0 Å². The third-order valence-electron chi connectivity index (χ3n) is 2.58. The molecule has 0 fully saturated rings. The second-order valence-corrected chi connectivity index (χ2v) is 4.86. The normalized spacial score (nSPS) is 10.1. The fraction of sp³-hybridized carbons (Fsp3) is 0.133. The highest BCUT2D eigenvalue weighted by Gasteiger charge is 2.06. The first-order chi connectivity index (χ1) is 9.60. The van der Waals surface area contributed by atoms with Crippen LogP contribution in [0.1, 0.15) is 12.5 Å². The van der Waals surface area contributed by atoms with Crippen molar-refractivity contribution in [3.63, 3.8) is 0 Å². The molecule has 0 spiro atoms. The molecule has 2 aromatic rings. The molecule has 0 aliphatic rings. The molecule has 0 amide bonds. The Balaban J connectivity index is 2.13. The largest absolute Gasteiger partial charge is 0.494 e. The van der Waals surface area contributed by atoms with Gasteiger partial charge in [0.15, 0.2) is 0 Å². The number of halogens is 1. The molecule has 2 rings (SSSR count). The minimum Gasteiger partial charge on any atom is -0.494 e. The van der Waals surface area contributed by atoms with Crippen LogP contribution >= 0.6 is 23.8 Å². The molecule has 104 valence electrons. The number of hydrogen-bond acceptors (Lipinski definition) is 3. The zero-order chi connectivity index (χ0) is 14.5. The molecular formula is C15H14ClNO2S. The van der Waals surface area contributed by atoms with Crippen LogP contribution in [-0.2, 0) is 0 Å². The first-order valence-electron chi connectivity index (χ1n) is 6.10. The molecule has 3 nitrogen and oxygen atoms in total. The number of benzene rings is 2. The minimum absolute atomic E-state index is 0.266. The van der Waals surface area contributed by atoms with E-state index >= 15 is 0 Å². The Morgan fingerprint density at radius 1 is 1.10 bits per heavy atom. The third kappa shape index (κ3) is 3.62. The highest BCUT2D eigenvalue weighted by atomic mass is 35.5. The van der Waals surface area contributed by atoms with Gasteiger partial charge in [-0.05, 0) is 43.3 Å². The first kappa shape index (κ1) is 14.6. The second-order valence-electron chi connectivity index (χ2n) is 4.01. The lowest BCUT2D eigenvalue weighted by molar-refractivity contribution is 0.339. The molecule has 5 heteroatoms. The van der Waals surface area contributed by atoms with Gasteiger partial charge in [0.25, 0.3) is 0 Å². The molecule has 0 aliphatic heterocycles. The Kier molecular flexibility index (Phi) is 4.82. The van der Waals surface area contributed by atoms with Crippen molar-refractivity contribution >= 4 is 28.8 Å². The lowest BCUT2D eigenvalue weighted by atomic mass is 10.2. The van der Waals surface area contributed by atoms with Gasteiger partial charge in [-0.15, -0.1) is 0 Å². The summed E-state index contributed by atoms with van der Waals surface area (Å²) >= 11 is 11.0. The van der Waals surface area contributed by atoms with Crippen molar-refractivity contribution in [2.75, 3.05) is 6.61 Å². The SMILES string of the molecule is CCOc1ccc(Oc2ccc(C(N)=S)c(Cl)c2)cc1. The van der Waals surface area contributed by atoms with Gasteiger partial charge in [-0.25, -0.2) is 0 Å². The van der Waals surface area contributed by atoms with Crippen LogP contribution < -0.4 is 15.2 Å². The van der Waals surface area contributed by atoms with Crippen LogP contribution in [0.5, 0.6) is 17.2 Å². The molecule has 20 heavy (non-hydrogen) atoms. The van der Waals surface area contributed by atoms with E-state index in [9.17, 15) is 0 Å². The molecule has 0 aromatic heterocycles. The first-order valence-corrected chi connectivity index (χ1v) is 6.89. The lowest BCUT2D eigenvalue weighted by Gasteiger charge is -2.09. The monoisotopic (exact) mass is 307 g/mol. The summed E-state index contributed by atoms with van der Waals surface area (Å²) in [4.78, 5) is 0.266. The summed E-state index contributed by atoms with van der Waals surface area (Å²) < 4.78 is 11.1. The summed E-state index contributed by atoms with van der Waals surface area (Å²) in [5.41, 5.74) is 6.19. The van der Waals surface area contributed by atoms with E-state index in [4.69, 9.17) is 39.0 Å². The van der Waals surface area contributed by atoms with Crippen molar-refractivity contribution in [3.05, 3.63) is 53.1 Å². The Bertz CT molecular complexity index is 614. The highest BCUT2D eigenvalue weighted by Crippen LogP contribution is 2.28. The van der Waals surface area contributed by atoms with Gasteiger partial charge >= 0.3 is 0 Å². The third-order valence-corrected chi connectivity index (χ3v) is 3.11. The average Bonchev–Trinajstić information content (AvgIpc) is 2.41. The van der Waals surface area contributed by atoms with Crippen molar-refractivity contribution in [1.82, 2.24) is 0 Å². The molecule has 0 unspecified atom stereocenters. The standard InChI is InChI=1S/C15H14ClNO2S/c1-2-18-10-3-5-11(6-4-10)19-12-7-8-13(15(17)20)14(16)9-12/h3-9H,2H2,1H3,(H2,17,20). The van der Waals surface area contributed by atoms with E-state index in [1.54, 1.807) is 18.2 Å². The molecule has 0 saturated carbocycles. The number of hydrogen-bond donors (Lipinski definition) is 1. The summed E-state index contributed by atoms with van der Waals surface area (Å²) in [6.45, 7) is 2.58. The maximum absolute atomic E-state index is 6.09.